The number of fused-ring (bicyclic) bond motifs is 2. The summed E-state index contributed by atoms with van der Waals surface area (Å²) in [5.41, 5.74) is 9.37. The first-order chi connectivity index (χ1) is 9.83. The van der Waals surface area contributed by atoms with Crippen molar-refractivity contribution in [3.8, 4) is 11.5 Å². The van der Waals surface area contributed by atoms with Crippen LogP contribution < -0.4 is 15.2 Å². The van der Waals surface area contributed by atoms with E-state index in [0.717, 1.165) is 86.8 Å². The minimum atomic E-state index is 0.745. The Balaban J connectivity index is 2.04. The molecule has 110 valence electrons. The Hall–Kier alpha value is -0.930. The van der Waals surface area contributed by atoms with Gasteiger partial charge in [0, 0.05) is 16.7 Å². The van der Waals surface area contributed by atoms with Crippen molar-refractivity contribution in [1.82, 2.24) is 0 Å². The van der Waals surface area contributed by atoms with Gasteiger partial charge >= 0.3 is 0 Å². The number of ether oxygens (including phenoxy) is 2. The fourth-order valence-corrected chi connectivity index (χ4v) is 3.54. The molecule has 1 aromatic carbocycles. The minimum absolute atomic E-state index is 0.745. The van der Waals surface area contributed by atoms with Crippen molar-refractivity contribution in [3.05, 3.63) is 21.7 Å². The summed E-state index contributed by atoms with van der Waals surface area (Å²) in [6.45, 7) is 2.32. The van der Waals surface area contributed by atoms with Crippen molar-refractivity contribution in [2.75, 3.05) is 19.8 Å². The first-order valence-corrected chi connectivity index (χ1v) is 8.02. The minimum Gasteiger partial charge on any atom is -0.493 e. The Labute approximate surface area is 125 Å². The Morgan fingerprint density at radius 1 is 0.950 bits per heavy atom. The van der Waals surface area contributed by atoms with Gasteiger partial charge in [-0.3, -0.25) is 0 Å². The molecular weight excluding hydrogens is 274 g/mol. The monoisotopic (exact) mass is 295 g/mol. The van der Waals surface area contributed by atoms with E-state index in [2.05, 4.69) is 0 Å². The highest BCUT2D eigenvalue weighted by Crippen LogP contribution is 2.46. The highest BCUT2D eigenvalue weighted by atomic mass is 35.5. The van der Waals surface area contributed by atoms with Crippen molar-refractivity contribution in [2.45, 2.75) is 44.9 Å². The molecule has 0 saturated heterocycles. The number of benzene rings is 1. The third kappa shape index (κ3) is 2.49. The molecule has 0 bridgehead atoms. The largest absolute Gasteiger partial charge is 0.493 e. The van der Waals surface area contributed by atoms with Gasteiger partial charge in [0.2, 0.25) is 0 Å². The van der Waals surface area contributed by atoms with Crippen molar-refractivity contribution in [2.24, 2.45) is 5.73 Å². The lowest BCUT2D eigenvalue weighted by molar-refractivity contribution is 0.269. The fourth-order valence-electron chi connectivity index (χ4n) is 3.19. The van der Waals surface area contributed by atoms with E-state index in [0.29, 0.717) is 0 Å². The molecule has 0 atom stereocenters. The molecule has 0 fully saturated rings. The summed E-state index contributed by atoms with van der Waals surface area (Å²) in [5, 5.41) is 0.789. The topological polar surface area (TPSA) is 44.5 Å². The Kier molecular flexibility index (Phi) is 4.37. The van der Waals surface area contributed by atoms with E-state index in [-0.39, 0.29) is 0 Å². The second-order valence-electron chi connectivity index (χ2n) is 5.56. The number of halogens is 1. The second kappa shape index (κ2) is 6.23. The van der Waals surface area contributed by atoms with Gasteiger partial charge in [0.25, 0.3) is 0 Å². The van der Waals surface area contributed by atoms with Crippen LogP contribution in [0, 0.1) is 0 Å². The fraction of sp³-hybridized carbons (Fsp3) is 0.625. The first kappa shape index (κ1) is 14.0. The highest BCUT2D eigenvalue weighted by molar-refractivity contribution is 6.33. The maximum Gasteiger partial charge on any atom is 0.141 e. The van der Waals surface area contributed by atoms with E-state index in [4.69, 9.17) is 26.8 Å². The van der Waals surface area contributed by atoms with E-state index in [9.17, 15) is 0 Å². The third-order valence-corrected chi connectivity index (χ3v) is 4.57. The molecular formula is C16H22ClNO2. The van der Waals surface area contributed by atoms with Gasteiger partial charge in [-0.2, -0.15) is 0 Å². The molecule has 4 heteroatoms. The molecule has 0 spiro atoms. The van der Waals surface area contributed by atoms with Crippen LogP contribution in [0.25, 0.3) is 0 Å². The van der Waals surface area contributed by atoms with Crippen LogP contribution in [0.1, 0.15) is 42.4 Å². The quantitative estimate of drug-likeness (QED) is 0.867. The Morgan fingerprint density at radius 2 is 1.65 bits per heavy atom. The second-order valence-corrected chi connectivity index (χ2v) is 5.94. The summed E-state index contributed by atoms with van der Waals surface area (Å²) in [7, 11) is 0. The van der Waals surface area contributed by atoms with Gasteiger partial charge in [0.15, 0.2) is 0 Å². The van der Waals surface area contributed by atoms with Crippen LogP contribution in [0.2, 0.25) is 5.02 Å². The average Bonchev–Trinajstić information content (AvgIpc) is 2.51. The predicted octanol–water partition coefficient (Wildman–Crippen LogP) is 3.27. The molecule has 2 aliphatic heterocycles. The smallest absolute Gasteiger partial charge is 0.141 e. The van der Waals surface area contributed by atoms with E-state index in [1.54, 1.807) is 0 Å². The van der Waals surface area contributed by atoms with Crippen LogP contribution in [-0.2, 0) is 19.3 Å². The average molecular weight is 296 g/mol. The summed E-state index contributed by atoms with van der Waals surface area (Å²) < 4.78 is 11.8. The summed E-state index contributed by atoms with van der Waals surface area (Å²) in [6.07, 6.45) is 7.30. The molecule has 2 heterocycles. The first-order valence-electron chi connectivity index (χ1n) is 7.64. The summed E-state index contributed by atoms with van der Waals surface area (Å²) >= 11 is 6.55. The maximum absolute atomic E-state index is 6.55. The van der Waals surface area contributed by atoms with Crippen LogP contribution in [-0.4, -0.2) is 19.8 Å². The molecule has 0 saturated carbocycles. The van der Waals surface area contributed by atoms with Crippen LogP contribution in [0.15, 0.2) is 0 Å². The number of nitrogens with two attached hydrogens (primary N) is 1. The Morgan fingerprint density at radius 3 is 2.40 bits per heavy atom. The molecule has 3 nitrogen and oxygen atoms in total. The zero-order valence-corrected chi connectivity index (χ0v) is 12.6. The molecule has 0 radical (unpaired) electrons. The van der Waals surface area contributed by atoms with Gasteiger partial charge in [-0.1, -0.05) is 11.6 Å². The summed E-state index contributed by atoms with van der Waals surface area (Å²) in [5.74, 6) is 1.97. The van der Waals surface area contributed by atoms with Gasteiger partial charge in [-0.05, 0) is 51.5 Å². The van der Waals surface area contributed by atoms with Crippen molar-refractivity contribution in [3.63, 3.8) is 0 Å². The van der Waals surface area contributed by atoms with Crippen molar-refractivity contribution >= 4 is 11.6 Å². The SMILES string of the molecule is NCCCCc1c2c(c(Cl)c3c1OCCC3)OCCC2. The molecule has 0 amide bonds. The molecule has 1 aromatic rings. The van der Waals surface area contributed by atoms with E-state index >= 15 is 0 Å². The van der Waals surface area contributed by atoms with Crippen LogP contribution >= 0.6 is 11.6 Å². The number of unbranched alkanes of at least 4 members (excludes halogenated alkanes) is 1. The van der Waals surface area contributed by atoms with Gasteiger partial charge in [-0.15, -0.1) is 0 Å². The van der Waals surface area contributed by atoms with Gasteiger partial charge in [0.1, 0.15) is 11.5 Å². The molecule has 20 heavy (non-hydrogen) atoms. The maximum atomic E-state index is 6.55. The molecule has 0 unspecified atom stereocenters. The molecule has 0 aromatic heterocycles. The lowest BCUT2D eigenvalue weighted by Gasteiger charge is -2.29. The Bertz CT molecular complexity index is 465. The normalized spacial score (nSPS) is 16.9. The molecule has 2 aliphatic rings. The number of hydrogen-bond donors (Lipinski definition) is 1. The van der Waals surface area contributed by atoms with Crippen LogP contribution in [0.5, 0.6) is 11.5 Å². The lowest BCUT2D eigenvalue weighted by Crippen LogP contribution is -2.18. The van der Waals surface area contributed by atoms with Gasteiger partial charge in [0.05, 0.1) is 18.2 Å². The molecule has 3 rings (SSSR count). The van der Waals surface area contributed by atoms with Crippen LogP contribution in [0.4, 0.5) is 0 Å². The third-order valence-electron chi connectivity index (χ3n) is 4.17. The lowest BCUT2D eigenvalue weighted by atomic mass is 9.90. The zero-order chi connectivity index (χ0) is 13.9. The number of hydrogen-bond acceptors (Lipinski definition) is 3. The molecule has 0 aliphatic carbocycles. The standard InChI is InChI=1S/C16H22ClNO2/c17-14-13-7-4-9-19-15(13)11(5-1-2-8-18)12-6-3-10-20-16(12)14/h1-10,18H2. The number of rotatable bonds is 4. The molecule has 2 N–H and O–H groups in total. The zero-order valence-electron chi connectivity index (χ0n) is 11.8. The van der Waals surface area contributed by atoms with E-state index < -0.39 is 0 Å². The van der Waals surface area contributed by atoms with E-state index in [1.165, 1.54) is 11.1 Å². The predicted molar refractivity (Wildman–Crippen MR) is 81.1 cm³/mol. The van der Waals surface area contributed by atoms with Crippen molar-refractivity contribution < 1.29 is 9.47 Å². The van der Waals surface area contributed by atoms with Crippen molar-refractivity contribution in [1.29, 1.82) is 0 Å². The van der Waals surface area contributed by atoms with Gasteiger partial charge < -0.3 is 15.2 Å². The highest BCUT2D eigenvalue weighted by Gasteiger charge is 2.28. The van der Waals surface area contributed by atoms with E-state index in [1.807, 2.05) is 0 Å². The van der Waals surface area contributed by atoms with Crippen LogP contribution in [0.3, 0.4) is 0 Å². The summed E-state index contributed by atoms with van der Waals surface area (Å²) in [6, 6.07) is 0. The van der Waals surface area contributed by atoms with Gasteiger partial charge in [-0.25, -0.2) is 0 Å². The summed E-state index contributed by atoms with van der Waals surface area (Å²) in [4.78, 5) is 0.